The van der Waals surface area contributed by atoms with Crippen molar-refractivity contribution in [1.29, 1.82) is 0 Å². The second-order valence-corrected chi connectivity index (χ2v) is 5.27. The van der Waals surface area contributed by atoms with Crippen molar-refractivity contribution in [3.63, 3.8) is 0 Å². The van der Waals surface area contributed by atoms with Crippen LogP contribution in [0.4, 0.5) is 0 Å². The van der Waals surface area contributed by atoms with E-state index in [0.717, 1.165) is 6.42 Å². The standard InChI is InChI=1S/C11H17.C9H7.2ClH.Ti/c1-2-3-4-5-8-11-9-6-7-10-11;1-2-5-9-7-3-6-8(9)4-1;;;/h6,9H,2-5,7-8H2,1H3;1-7H;2*1H;/q2*-1;;;+2/p-2. The van der Waals surface area contributed by atoms with Gasteiger partial charge in [0.05, 0.1) is 0 Å². The Labute approximate surface area is 168 Å². The molecule has 0 saturated carbocycles. The smallest absolute Gasteiger partial charge is 1.00 e. The minimum atomic E-state index is 0. The molecule has 124 valence electrons. The van der Waals surface area contributed by atoms with Crippen molar-refractivity contribution in [2.45, 2.75) is 45.4 Å². The second-order valence-electron chi connectivity index (χ2n) is 5.27. The first-order chi connectivity index (χ1) is 9.90. The number of hydrogen-bond donors (Lipinski definition) is 0. The Bertz CT molecular complexity index is 540. The van der Waals surface area contributed by atoms with Gasteiger partial charge in [-0.25, -0.2) is 11.6 Å². The third kappa shape index (κ3) is 9.47. The van der Waals surface area contributed by atoms with Gasteiger partial charge in [-0.2, -0.15) is 23.6 Å². The molecule has 0 aromatic heterocycles. The molecule has 0 bridgehead atoms. The molecule has 0 radical (unpaired) electrons. The van der Waals surface area contributed by atoms with Gasteiger partial charge in [-0.1, -0.05) is 45.1 Å². The quantitative estimate of drug-likeness (QED) is 0.394. The molecule has 2 aromatic rings. The molecule has 0 spiro atoms. The third-order valence-corrected chi connectivity index (χ3v) is 3.61. The van der Waals surface area contributed by atoms with E-state index in [1.807, 2.05) is 0 Å². The van der Waals surface area contributed by atoms with E-state index in [2.05, 4.69) is 67.6 Å². The Balaban J connectivity index is 0. The van der Waals surface area contributed by atoms with E-state index in [-0.39, 0.29) is 46.5 Å². The van der Waals surface area contributed by atoms with Crippen LogP contribution >= 0.6 is 0 Å². The summed E-state index contributed by atoms with van der Waals surface area (Å²) in [6.45, 7) is 2.25. The normalized spacial score (nSPS) is 11.4. The number of halogens is 2. The molecule has 0 atom stereocenters. The average Bonchev–Trinajstić information content (AvgIpc) is 3.15. The van der Waals surface area contributed by atoms with Crippen molar-refractivity contribution in [1.82, 2.24) is 0 Å². The summed E-state index contributed by atoms with van der Waals surface area (Å²) in [6.07, 6.45) is 15.5. The Morgan fingerprint density at radius 2 is 1.83 bits per heavy atom. The first-order valence-electron chi connectivity index (χ1n) is 7.77. The van der Waals surface area contributed by atoms with Crippen LogP contribution in [0.5, 0.6) is 0 Å². The zero-order chi connectivity index (χ0) is 14.0. The fraction of sp³-hybridized carbons (Fsp3) is 0.350. The SMILES string of the molecule is CCCCCCC1=[C-]CC=C1.[Cl-].[Cl-].[Ti+2].c1ccc2[cH-]ccc2c1. The summed E-state index contributed by atoms with van der Waals surface area (Å²) < 4.78 is 0. The number of unbranched alkanes of at least 4 members (excludes halogenated alkanes) is 3. The van der Waals surface area contributed by atoms with Crippen LogP contribution in [0.2, 0.25) is 0 Å². The average molecular weight is 383 g/mol. The van der Waals surface area contributed by atoms with Gasteiger partial charge in [0.1, 0.15) is 0 Å². The zero-order valence-electron chi connectivity index (χ0n) is 13.7. The van der Waals surface area contributed by atoms with Gasteiger partial charge in [-0.05, 0) is 0 Å². The molecule has 0 heterocycles. The molecular formula is C20H24Cl2Ti-2. The molecule has 0 amide bonds. The van der Waals surface area contributed by atoms with Gasteiger partial charge in [0.25, 0.3) is 0 Å². The molecule has 0 fully saturated rings. The molecule has 23 heavy (non-hydrogen) atoms. The number of allylic oxidation sites excluding steroid dienone is 4. The van der Waals surface area contributed by atoms with E-state index >= 15 is 0 Å². The van der Waals surface area contributed by atoms with Gasteiger partial charge in [-0.3, -0.25) is 6.08 Å². The molecular weight excluding hydrogens is 359 g/mol. The van der Waals surface area contributed by atoms with Crippen LogP contribution in [0.25, 0.3) is 10.8 Å². The van der Waals surface area contributed by atoms with Gasteiger partial charge in [0.2, 0.25) is 0 Å². The second kappa shape index (κ2) is 15.2. The predicted molar refractivity (Wildman–Crippen MR) is 88.8 cm³/mol. The monoisotopic (exact) mass is 382 g/mol. The van der Waals surface area contributed by atoms with Crippen LogP contribution < -0.4 is 24.8 Å². The summed E-state index contributed by atoms with van der Waals surface area (Å²) in [4.78, 5) is 0. The minimum Gasteiger partial charge on any atom is -1.00 e. The van der Waals surface area contributed by atoms with Crippen LogP contribution in [0.15, 0.2) is 60.2 Å². The Hall–Kier alpha value is -0.396. The largest absolute Gasteiger partial charge is 2.00 e. The molecule has 1 aliphatic carbocycles. The predicted octanol–water partition coefficient (Wildman–Crippen LogP) is 0.210. The Kier molecular flexibility index (Phi) is 16.4. The van der Waals surface area contributed by atoms with Crippen LogP contribution in [0, 0.1) is 6.08 Å². The fourth-order valence-corrected chi connectivity index (χ4v) is 2.43. The zero-order valence-corrected chi connectivity index (χ0v) is 16.8. The molecule has 0 aliphatic heterocycles. The van der Waals surface area contributed by atoms with Gasteiger partial charge in [0, 0.05) is 0 Å². The van der Waals surface area contributed by atoms with Crippen molar-refractivity contribution in [3.05, 3.63) is 66.3 Å². The maximum Gasteiger partial charge on any atom is 2.00 e. The summed E-state index contributed by atoms with van der Waals surface area (Å²) in [6, 6.07) is 14.7. The first kappa shape index (κ1) is 24.9. The maximum absolute atomic E-state index is 3.34. The van der Waals surface area contributed by atoms with E-state index in [0.29, 0.717) is 0 Å². The molecule has 0 nitrogen and oxygen atoms in total. The first-order valence-corrected chi connectivity index (χ1v) is 7.77. The molecule has 3 heteroatoms. The van der Waals surface area contributed by atoms with Gasteiger partial charge < -0.3 is 24.8 Å². The minimum absolute atomic E-state index is 0. The fourth-order valence-electron chi connectivity index (χ4n) is 2.43. The molecule has 0 N–H and O–H groups in total. The van der Waals surface area contributed by atoms with Crippen molar-refractivity contribution in [2.75, 3.05) is 0 Å². The van der Waals surface area contributed by atoms with Crippen molar-refractivity contribution in [3.8, 4) is 0 Å². The Morgan fingerprint density at radius 1 is 1.04 bits per heavy atom. The van der Waals surface area contributed by atoms with Crippen LogP contribution in [0.3, 0.4) is 0 Å². The van der Waals surface area contributed by atoms with Gasteiger partial charge in [0.15, 0.2) is 0 Å². The van der Waals surface area contributed by atoms with Crippen molar-refractivity contribution < 1.29 is 46.5 Å². The van der Waals surface area contributed by atoms with Crippen molar-refractivity contribution in [2.24, 2.45) is 0 Å². The van der Waals surface area contributed by atoms with Crippen LogP contribution in [0.1, 0.15) is 45.4 Å². The van der Waals surface area contributed by atoms with Crippen LogP contribution in [-0.2, 0) is 21.7 Å². The summed E-state index contributed by atoms with van der Waals surface area (Å²) in [5, 5.41) is 2.66. The van der Waals surface area contributed by atoms with Gasteiger partial charge in [-0.15, -0.1) is 36.1 Å². The number of hydrogen-bond acceptors (Lipinski definition) is 0. The maximum atomic E-state index is 3.34. The molecule has 3 rings (SSSR count). The van der Waals surface area contributed by atoms with E-state index in [9.17, 15) is 0 Å². The van der Waals surface area contributed by atoms with E-state index in [4.69, 9.17) is 0 Å². The van der Waals surface area contributed by atoms with E-state index in [1.54, 1.807) is 0 Å². The number of rotatable bonds is 5. The summed E-state index contributed by atoms with van der Waals surface area (Å²) in [5.74, 6) is 0. The summed E-state index contributed by atoms with van der Waals surface area (Å²) >= 11 is 0. The molecule has 2 aromatic carbocycles. The molecule has 1 aliphatic rings. The summed E-state index contributed by atoms with van der Waals surface area (Å²) in [7, 11) is 0. The van der Waals surface area contributed by atoms with E-state index < -0.39 is 0 Å². The number of fused-ring (bicyclic) bond motifs is 1. The molecule has 0 saturated heterocycles. The number of benzene rings is 1. The van der Waals surface area contributed by atoms with E-state index in [1.165, 1.54) is 48.4 Å². The van der Waals surface area contributed by atoms with Crippen molar-refractivity contribution >= 4 is 10.8 Å². The van der Waals surface area contributed by atoms with Crippen LogP contribution in [-0.4, -0.2) is 0 Å². The summed E-state index contributed by atoms with van der Waals surface area (Å²) in [5.41, 5.74) is 1.43. The van der Waals surface area contributed by atoms with Gasteiger partial charge >= 0.3 is 21.7 Å². The topological polar surface area (TPSA) is 0 Å². The third-order valence-electron chi connectivity index (χ3n) is 3.61. The Morgan fingerprint density at radius 3 is 2.48 bits per heavy atom. The molecule has 0 unspecified atom stereocenters.